The first kappa shape index (κ1) is 12.4. The van der Waals surface area contributed by atoms with Gasteiger partial charge in [0.05, 0.1) is 5.69 Å². The van der Waals surface area contributed by atoms with Gasteiger partial charge >= 0.3 is 0 Å². The van der Waals surface area contributed by atoms with Gasteiger partial charge in [-0.25, -0.2) is 0 Å². The van der Waals surface area contributed by atoms with Crippen LogP contribution < -0.4 is 11.3 Å². The average Bonchev–Trinajstić information content (AvgIpc) is 2.38. The number of hydrazine groups is 1. The maximum atomic E-state index is 5.56. The smallest absolute Gasteiger partial charge is 0.0517 e. The van der Waals surface area contributed by atoms with Crippen molar-refractivity contribution in [2.24, 2.45) is 11.8 Å². The third-order valence-corrected chi connectivity index (χ3v) is 3.96. The van der Waals surface area contributed by atoms with Gasteiger partial charge in [0.1, 0.15) is 0 Å². The maximum Gasteiger partial charge on any atom is 0.0517 e. The number of benzene rings is 1. The molecule has 1 aromatic rings. The van der Waals surface area contributed by atoms with Crippen molar-refractivity contribution >= 4 is 5.69 Å². The van der Waals surface area contributed by atoms with Crippen LogP contribution >= 0.6 is 0 Å². The van der Waals surface area contributed by atoms with Gasteiger partial charge < -0.3 is 5.43 Å². The van der Waals surface area contributed by atoms with Crippen molar-refractivity contribution in [3.05, 3.63) is 29.3 Å². The molecule has 0 radical (unpaired) electrons. The molecular weight excluding hydrogens is 208 g/mol. The molecule has 0 atom stereocenters. The lowest BCUT2D eigenvalue weighted by molar-refractivity contribution is 0.339. The monoisotopic (exact) mass is 232 g/mol. The van der Waals surface area contributed by atoms with Crippen LogP contribution in [0.25, 0.3) is 0 Å². The molecule has 2 heteroatoms. The summed E-state index contributed by atoms with van der Waals surface area (Å²) in [6.07, 6.45) is 9.63. The van der Waals surface area contributed by atoms with Gasteiger partial charge in [-0.05, 0) is 37.3 Å². The Hall–Kier alpha value is -1.02. The lowest BCUT2D eigenvalue weighted by Crippen LogP contribution is -2.11. The van der Waals surface area contributed by atoms with Gasteiger partial charge in [0.25, 0.3) is 0 Å². The van der Waals surface area contributed by atoms with Crippen molar-refractivity contribution < 1.29 is 0 Å². The Kier molecular flexibility index (Phi) is 4.43. The van der Waals surface area contributed by atoms with Gasteiger partial charge in [-0.15, -0.1) is 0 Å². The van der Waals surface area contributed by atoms with Gasteiger partial charge in [-0.2, -0.15) is 0 Å². The molecule has 2 nitrogen and oxygen atoms in total. The molecule has 0 saturated heterocycles. The van der Waals surface area contributed by atoms with Crippen LogP contribution in [0.5, 0.6) is 0 Å². The van der Waals surface area contributed by atoms with Crippen LogP contribution in [-0.2, 0) is 6.42 Å². The molecule has 0 aliphatic heterocycles. The molecule has 0 aromatic heterocycles. The van der Waals surface area contributed by atoms with Gasteiger partial charge in [-0.3, -0.25) is 5.84 Å². The molecule has 0 spiro atoms. The van der Waals surface area contributed by atoms with E-state index >= 15 is 0 Å². The summed E-state index contributed by atoms with van der Waals surface area (Å²) in [6.45, 7) is 2.14. The second kappa shape index (κ2) is 6.06. The summed E-state index contributed by atoms with van der Waals surface area (Å²) >= 11 is 0. The maximum absolute atomic E-state index is 5.56. The van der Waals surface area contributed by atoms with Crippen molar-refractivity contribution in [2.45, 2.75) is 51.9 Å². The summed E-state index contributed by atoms with van der Waals surface area (Å²) < 4.78 is 0. The Bertz CT molecular complexity index is 354. The Morgan fingerprint density at radius 1 is 1.24 bits per heavy atom. The quantitative estimate of drug-likeness (QED) is 0.612. The molecule has 1 aromatic carbocycles. The minimum atomic E-state index is 0.940. The summed E-state index contributed by atoms with van der Waals surface area (Å²) in [5.41, 5.74) is 6.59. The van der Waals surface area contributed by atoms with E-state index in [2.05, 4.69) is 30.5 Å². The van der Waals surface area contributed by atoms with E-state index in [0.29, 0.717) is 0 Å². The summed E-state index contributed by atoms with van der Waals surface area (Å²) in [6, 6.07) is 6.46. The molecule has 0 unspecified atom stereocenters. The van der Waals surface area contributed by atoms with Crippen LogP contribution in [0.4, 0.5) is 5.69 Å². The molecule has 1 fully saturated rings. The highest BCUT2D eigenvalue weighted by Gasteiger charge is 2.13. The fourth-order valence-corrected chi connectivity index (χ4v) is 2.91. The fourth-order valence-electron chi connectivity index (χ4n) is 2.91. The summed E-state index contributed by atoms with van der Waals surface area (Å²) in [4.78, 5) is 0. The topological polar surface area (TPSA) is 38.0 Å². The first-order chi connectivity index (χ1) is 8.29. The number of nitrogens with one attached hydrogen (secondary N) is 1. The minimum absolute atomic E-state index is 0.940. The summed E-state index contributed by atoms with van der Waals surface area (Å²) in [5.74, 6) is 6.50. The summed E-state index contributed by atoms with van der Waals surface area (Å²) in [5, 5.41) is 0. The molecule has 0 heterocycles. The predicted octanol–water partition coefficient (Wildman–Crippen LogP) is 3.79. The van der Waals surface area contributed by atoms with E-state index < -0.39 is 0 Å². The normalized spacial score (nSPS) is 17.1. The van der Waals surface area contributed by atoms with Crippen LogP contribution in [0.2, 0.25) is 0 Å². The van der Waals surface area contributed by atoms with E-state index in [9.17, 15) is 0 Å². The number of aryl methyl sites for hydroxylation is 2. The molecule has 3 N–H and O–H groups in total. The van der Waals surface area contributed by atoms with E-state index in [0.717, 1.165) is 18.0 Å². The Morgan fingerprint density at radius 2 is 2.00 bits per heavy atom. The van der Waals surface area contributed by atoms with Crippen molar-refractivity contribution in [2.75, 3.05) is 5.43 Å². The van der Waals surface area contributed by atoms with Crippen LogP contribution in [0, 0.1) is 12.8 Å². The molecular formula is C15H24N2. The lowest BCUT2D eigenvalue weighted by atomic mass is 9.85. The SMILES string of the molecule is Cc1ccc(NN)c(CCC2CCCCC2)c1. The second-order valence-electron chi connectivity index (χ2n) is 5.35. The van der Waals surface area contributed by atoms with Gasteiger partial charge in [0.2, 0.25) is 0 Å². The highest BCUT2D eigenvalue weighted by Crippen LogP contribution is 2.28. The predicted molar refractivity (Wildman–Crippen MR) is 73.9 cm³/mol. The van der Waals surface area contributed by atoms with E-state index in [4.69, 9.17) is 5.84 Å². The van der Waals surface area contributed by atoms with E-state index in [1.165, 1.54) is 49.7 Å². The lowest BCUT2D eigenvalue weighted by Gasteiger charge is -2.22. The Labute approximate surface area is 105 Å². The highest BCUT2D eigenvalue weighted by atomic mass is 15.2. The van der Waals surface area contributed by atoms with E-state index in [1.807, 2.05) is 0 Å². The Balaban J connectivity index is 1.95. The van der Waals surface area contributed by atoms with Gasteiger partial charge in [0.15, 0.2) is 0 Å². The van der Waals surface area contributed by atoms with Crippen molar-refractivity contribution in [3.8, 4) is 0 Å². The van der Waals surface area contributed by atoms with Gasteiger partial charge in [0, 0.05) is 0 Å². The molecule has 1 aliphatic rings. The first-order valence-corrected chi connectivity index (χ1v) is 6.86. The molecule has 1 aliphatic carbocycles. The van der Waals surface area contributed by atoms with Crippen LogP contribution in [0.15, 0.2) is 18.2 Å². The number of hydrogen-bond acceptors (Lipinski definition) is 2. The van der Waals surface area contributed by atoms with Crippen LogP contribution in [-0.4, -0.2) is 0 Å². The molecule has 94 valence electrons. The zero-order valence-electron chi connectivity index (χ0n) is 10.8. The number of anilines is 1. The number of nitrogen functional groups attached to an aromatic ring is 1. The third kappa shape index (κ3) is 3.47. The van der Waals surface area contributed by atoms with Gasteiger partial charge in [-0.1, -0.05) is 49.8 Å². The molecule has 0 amide bonds. The van der Waals surface area contributed by atoms with E-state index in [1.54, 1.807) is 0 Å². The number of hydrogen-bond donors (Lipinski definition) is 2. The summed E-state index contributed by atoms with van der Waals surface area (Å²) in [7, 11) is 0. The average molecular weight is 232 g/mol. The standard InChI is InChI=1S/C15H24N2/c1-12-7-10-15(17-16)14(11-12)9-8-13-5-3-2-4-6-13/h7,10-11,13,17H,2-6,8-9,16H2,1H3. The molecule has 0 bridgehead atoms. The van der Waals surface area contributed by atoms with Crippen LogP contribution in [0.1, 0.15) is 49.7 Å². The number of nitrogens with two attached hydrogens (primary N) is 1. The van der Waals surface area contributed by atoms with Crippen molar-refractivity contribution in [1.82, 2.24) is 0 Å². The zero-order valence-corrected chi connectivity index (χ0v) is 10.8. The van der Waals surface area contributed by atoms with Crippen LogP contribution in [0.3, 0.4) is 0 Å². The largest absolute Gasteiger partial charge is 0.324 e. The van der Waals surface area contributed by atoms with Crippen molar-refractivity contribution in [1.29, 1.82) is 0 Å². The minimum Gasteiger partial charge on any atom is -0.324 e. The molecule has 1 saturated carbocycles. The highest BCUT2D eigenvalue weighted by molar-refractivity contribution is 5.51. The van der Waals surface area contributed by atoms with Crippen molar-refractivity contribution in [3.63, 3.8) is 0 Å². The zero-order chi connectivity index (χ0) is 12.1. The molecule has 17 heavy (non-hydrogen) atoms. The first-order valence-electron chi connectivity index (χ1n) is 6.86. The third-order valence-electron chi connectivity index (χ3n) is 3.96. The van der Waals surface area contributed by atoms with E-state index in [-0.39, 0.29) is 0 Å². The number of rotatable bonds is 4. The Morgan fingerprint density at radius 3 is 2.71 bits per heavy atom. The molecule has 2 rings (SSSR count). The second-order valence-corrected chi connectivity index (χ2v) is 5.35. The fraction of sp³-hybridized carbons (Fsp3) is 0.600.